The molecule has 6 nitrogen and oxygen atoms in total. The van der Waals surface area contributed by atoms with Gasteiger partial charge in [0.25, 0.3) is 5.91 Å². The maximum absolute atomic E-state index is 12.8. The number of carbonyl (C=O) groups excluding carboxylic acids is 2. The smallest absolute Gasteiger partial charge is 0.340 e. The Kier molecular flexibility index (Phi) is 6.32. The second-order valence-corrected chi connectivity index (χ2v) is 5.26. The Balaban J connectivity index is 1.95. The first kappa shape index (κ1) is 20.1. The zero-order valence-electron chi connectivity index (χ0n) is 13.9. The van der Waals surface area contributed by atoms with Gasteiger partial charge in [0.05, 0.1) is 24.6 Å². The zero-order chi connectivity index (χ0) is 20.0. The van der Waals surface area contributed by atoms with Crippen LogP contribution in [0.25, 0.3) is 0 Å². The maximum atomic E-state index is 12.8. The quantitative estimate of drug-likeness (QED) is 0.583. The number of rotatable bonds is 7. The standard InChI is InChI=1S/C17H14F4N2O4/c1-26-15(25)11-4-2-10(3-5-11)14(24)23-12-6-7-13(22-8-12)27-9-17(20,21)16(18)19/h2-8,16H,9H2,1H3,(H,23,24). The molecule has 1 amide bonds. The average Bonchev–Trinajstić information content (AvgIpc) is 2.66. The fourth-order valence-corrected chi connectivity index (χ4v) is 1.85. The van der Waals surface area contributed by atoms with E-state index in [1.807, 2.05) is 0 Å². The molecule has 0 fully saturated rings. The van der Waals surface area contributed by atoms with Crippen molar-refractivity contribution in [2.24, 2.45) is 0 Å². The molecule has 0 radical (unpaired) electrons. The van der Waals surface area contributed by atoms with Crippen molar-refractivity contribution >= 4 is 17.6 Å². The Bertz CT molecular complexity index is 796. The molecular formula is C17H14F4N2O4. The molecule has 27 heavy (non-hydrogen) atoms. The van der Waals surface area contributed by atoms with E-state index in [1.165, 1.54) is 37.4 Å². The van der Waals surface area contributed by atoms with Crippen molar-refractivity contribution in [1.82, 2.24) is 4.98 Å². The van der Waals surface area contributed by atoms with Gasteiger partial charge < -0.3 is 14.8 Å². The van der Waals surface area contributed by atoms with Crippen LogP contribution in [0.5, 0.6) is 5.88 Å². The van der Waals surface area contributed by atoms with Crippen molar-refractivity contribution in [2.75, 3.05) is 19.0 Å². The summed E-state index contributed by atoms with van der Waals surface area (Å²) < 4.78 is 58.7. The number of alkyl halides is 4. The highest BCUT2D eigenvalue weighted by atomic mass is 19.3. The lowest BCUT2D eigenvalue weighted by Gasteiger charge is -2.15. The summed E-state index contributed by atoms with van der Waals surface area (Å²) >= 11 is 0. The third-order valence-electron chi connectivity index (χ3n) is 3.29. The number of benzene rings is 1. The Hall–Kier alpha value is -3.17. The van der Waals surface area contributed by atoms with E-state index < -0.39 is 30.8 Å². The van der Waals surface area contributed by atoms with Crippen LogP contribution in [0.2, 0.25) is 0 Å². The normalized spacial score (nSPS) is 11.2. The van der Waals surface area contributed by atoms with Gasteiger partial charge in [-0.3, -0.25) is 4.79 Å². The number of esters is 1. The molecule has 0 bridgehead atoms. The molecular weight excluding hydrogens is 372 g/mol. The number of pyridine rings is 1. The molecule has 1 N–H and O–H groups in total. The SMILES string of the molecule is COC(=O)c1ccc(C(=O)Nc2ccc(OCC(F)(F)C(F)F)nc2)cc1. The Morgan fingerprint density at radius 3 is 2.26 bits per heavy atom. The summed E-state index contributed by atoms with van der Waals surface area (Å²) in [7, 11) is 1.23. The number of nitrogens with one attached hydrogen (secondary N) is 1. The first-order chi connectivity index (χ1) is 12.7. The molecule has 0 saturated carbocycles. The summed E-state index contributed by atoms with van der Waals surface area (Å²) in [4.78, 5) is 27.1. The van der Waals surface area contributed by atoms with E-state index >= 15 is 0 Å². The summed E-state index contributed by atoms with van der Waals surface area (Å²) in [5, 5.41) is 2.50. The van der Waals surface area contributed by atoms with Gasteiger partial charge in [-0.25, -0.2) is 18.6 Å². The number of hydrogen-bond acceptors (Lipinski definition) is 5. The van der Waals surface area contributed by atoms with E-state index in [0.717, 1.165) is 12.3 Å². The fraction of sp³-hybridized carbons (Fsp3) is 0.235. The summed E-state index contributed by atoms with van der Waals surface area (Å²) in [6.45, 7) is -1.52. The van der Waals surface area contributed by atoms with E-state index in [9.17, 15) is 27.2 Å². The number of ether oxygens (including phenoxy) is 2. The number of carbonyl (C=O) groups is 2. The van der Waals surface area contributed by atoms with E-state index in [4.69, 9.17) is 0 Å². The zero-order valence-corrected chi connectivity index (χ0v) is 13.9. The van der Waals surface area contributed by atoms with Crippen molar-refractivity contribution < 1.29 is 36.6 Å². The lowest BCUT2D eigenvalue weighted by Crippen LogP contribution is -2.33. The second kappa shape index (κ2) is 8.47. The van der Waals surface area contributed by atoms with Crippen LogP contribution in [0, 0.1) is 0 Å². The maximum Gasteiger partial charge on any atom is 0.340 e. The van der Waals surface area contributed by atoms with Crippen molar-refractivity contribution in [3.8, 4) is 5.88 Å². The van der Waals surface area contributed by atoms with Gasteiger partial charge >= 0.3 is 18.3 Å². The first-order valence-corrected chi connectivity index (χ1v) is 7.47. The Morgan fingerprint density at radius 1 is 1.11 bits per heavy atom. The summed E-state index contributed by atoms with van der Waals surface area (Å²) in [6.07, 6.45) is -2.72. The van der Waals surface area contributed by atoms with Gasteiger partial charge in [0, 0.05) is 11.6 Å². The largest absolute Gasteiger partial charge is 0.471 e. The van der Waals surface area contributed by atoms with E-state index in [0.29, 0.717) is 0 Å². The molecule has 10 heteroatoms. The first-order valence-electron chi connectivity index (χ1n) is 7.47. The second-order valence-electron chi connectivity index (χ2n) is 5.26. The van der Waals surface area contributed by atoms with Gasteiger partial charge in [0.1, 0.15) is 0 Å². The molecule has 0 aliphatic rings. The lowest BCUT2D eigenvalue weighted by atomic mass is 10.1. The third-order valence-corrected chi connectivity index (χ3v) is 3.29. The molecule has 2 rings (SSSR count). The molecule has 0 unspecified atom stereocenters. The number of hydrogen-bond donors (Lipinski definition) is 1. The van der Waals surface area contributed by atoms with Gasteiger partial charge in [-0.05, 0) is 30.3 Å². The minimum atomic E-state index is -4.29. The molecule has 0 aliphatic heterocycles. The molecule has 0 atom stereocenters. The predicted molar refractivity (Wildman–Crippen MR) is 86.4 cm³/mol. The molecule has 1 aromatic heterocycles. The van der Waals surface area contributed by atoms with E-state index in [1.54, 1.807) is 0 Å². The van der Waals surface area contributed by atoms with Crippen LogP contribution in [0.15, 0.2) is 42.6 Å². The van der Waals surface area contributed by atoms with Crippen molar-refractivity contribution in [1.29, 1.82) is 0 Å². The highest BCUT2D eigenvalue weighted by Gasteiger charge is 2.41. The molecule has 144 valence electrons. The van der Waals surface area contributed by atoms with Crippen molar-refractivity contribution in [3.05, 3.63) is 53.7 Å². The molecule has 1 heterocycles. The van der Waals surface area contributed by atoms with Gasteiger partial charge in [0.15, 0.2) is 6.61 Å². The van der Waals surface area contributed by atoms with Crippen LogP contribution in [-0.2, 0) is 4.74 Å². The topological polar surface area (TPSA) is 77.5 Å². The Morgan fingerprint density at radius 2 is 1.74 bits per heavy atom. The monoisotopic (exact) mass is 386 g/mol. The van der Waals surface area contributed by atoms with Crippen molar-refractivity contribution in [2.45, 2.75) is 12.3 Å². The van der Waals surface area contributed by atoms with Gasteiger partial charge in [-0.1, -0.05) is 0 Å². The summed E-state index contributed by atoms with van der Waals surface area (Å²) in [6, 6.07) is 8.12. The van der Waals surface area contributed by atoms with Crippen molar-refractivity contribution in [3.63, 3.8) is 0 Å². The third kappa shape index (κ3) is 5.40. The van der Waals surface area contributed by atoms with Gasteiger partial charge in [0.2, 0.25) is 5.88 Å². The minimum Gasteiger partial charge on any atom is -0.471 e. The number of anilines is 1. The van der Waals surface area contributed by atoms with Gasteiger partial charge in [-0.2, -0.15) is 8.78 Å². The number of halogens is 4. The Labute approximate surface area is 151 Å². The van der Waals surface area contributed by atoms with Crippen LogP contribution >= 0.6 is 0 Å². The van der Waals surface area contributed by atoms with Crippen LogP contribution in [0.4, 0.5) is 23.2 Å². The predicted octanol–water partition coefficient (Wildman–Crippen LogP) is 3.40. The van der Waals surface area contributed by atoms with Gasteiger partial charge in [-0.15, -0.1) is 0 Å². The molecule has 0 spiro atoms. The number of nitrogens with zero attached hydrogens (tertiary/aromatic N) is 1. The molecule has 1 aromatic carbocycles. The fourth-order valence-electron chi connectivity index (χ4n) is 1.85. The summed E-state index contributed by atoms with van der Waals surface area (Å²) in [5.74, 6) is -5.63. The van der Waals surface area contributed by atoms with Crippen LogP contribution in [0.1, 0.15) is 20.7 Å². The lowest BCUT2D eigenvalue weighted by molar-refractivity contribution is -0.148. The van der Waals surface area contributed by atoms with Crippen LogP contribution in [0.3, 0.4) is 0 Å². The van der Waals surface area contributed by atoms with Crippen LogP contribution in [-0.4, -0.2) is 42.9 Å². The van der Waals surface area contributed by atoms with E-state index in [-0.39, 0.29) is 22.7 Å². The molecule has 0 saturated heterocycles. The molecule has 0 aliphatic carbocycles. The summed E-state index contributed by atoms with van der Waals surface area (Å²) in [5.41, 5.74) is 0.752. The number of methoxy groups -OCH3 is 1. The highest BCUT2D eigenvalue weighted by molar-refractivity contribution is 6.04. The average molecular weight is 386 g/mol. The molecule has 2 aromatic rings. The number of amides is 1. The minimum absolute atomic E-state index is 0.227. The number of aromatic nitrogens is 1. The highest BCUT2D eigenvalue weighted by Crippen LogP contribution is 2.24. The van der Waals surface area contributed by atoms with Crippen LogP contribution < -0.4 is 10.1 Å². The van der Waals surface area contributed by atoms with E-state index in [2.05, 4.69) is 19.8 Å².